The molecule has 2 bridgehead atoms. The first-order valence-corrected chi connectivity index (χ1v) is 4.39. The molecule has 0 N–H and O–H groups in total. The number of halogens is 1. The molecule has 0 saturated heterocycles. The molecule has 2 heteroatoms. The molecule has 0 aromatic heterocycles. The smallest absolute Gasteiger partial charge is 0.151 e. The van der Waals surface area contributed by atoms with Gasteiger partial charge in [-0.2, -0.15) is 0 Å². The lowest BCUT2D eigenvalue weighted by Gasteiger charge is -2.25. The zero-order valence-corrected chi connectivity index (χ0v) is 7.27. The number of rotatable bonds is 1. The third-order valence-corrected chi connectivity index (χ3v) is 3.61. The topological polar surface area (TPSA) is 17.1 Å². The van der Waals surface area contributed by atoms with Crippen molar-refractivity contribution in [1.29, 1.82) is 0 Å². The fraction of sp³-hybridized carbons (Fsp3) is 0.667. The van der Waals surface area contributed by atoms with Crippen molar-refractivity contribution < 1.29 is 4.79 Å². The van der Waals surface area contributed by atoms with Crippen molar-refractivity contribution in [3.63, 3.8) is 0 Å². The van der Waals surface area contributed by atoms with Crippen molar-refractivity contribution in [2.24, 2.45) is 11.8 Å². The minimum atomic E-state index is -0.542. The summed E-state index contributed by atoms with van der Waals surface area (Å²) in [4.78, 5) is 10.6. The summed E-state index contributed by atoms with van der Waals surface area (Å²) in [6, 6.07) is 0. The van der Waals surface area contributed by atoms with Crippen LogP contribution in [0.2, 0.25) is 0 Å². The van der Waals surface area contributed by atoms with E-state index in [4.69, 9.17) is 11.6 Å². The number of allylic oxidation sites excluding steroid dienone is 2. The van der Waals surface area contributed by atoms with Gasteiger partial charge in [0, 0.05) is 5.92 Å². The third kappa shape index (κ3) is 0.871. The zero-order valence-electron chi connectivity index (χ0n) is 6.51. The van der Waals surface area contributed by atoms with Gasteiger partial charge in [0.25, 0.3) is 0 Å². The lowest BCUT2D eigenvalue weighted by Crippen LogP contribution is -2.34. The highest BCUT2D eigenvalue weighted by Crippen LogP contribution is 2.50. The number of carbonyl (C=O) groups excluding carboxylic acids is 1. The molecule has 3 atom stereocenters. The zero-order chi connectivity index (χ0) is 8.06. The highest BCUT2D eigenvalue weighted by Gasteiger charge is 2.50. The number of fused-ring (bicyclic) bond motifs is 2. The number of alkyl halides is 1. The molecule has 0 spiro atoms. The second-order valence-electron chi connectivity index (χ2n) is 3.61. The van der Waals surface area contributed by atoms with Crippen LogP contribution < -0.4 is 0 Å². The highest BCUT2D eigenvalue weighted by atomic mass is 35.5. The van der Waals surface area contributed by atoms with Crippen molar-refractivity contribution >= 4 is 17.4 Å². The highest BCUT2D eigenvalue weighted by molar-refractivity contribution is 6.35. The van der Waals surface area contributed by atoms with Crippen molar-refractivity contribution in [1.82, 2.24) is 0 Å². The van der Waals surface area contributed by atoms with Crippen molar-refractivity contribution in [3.8, 4) is 0 Å². The van der Waals surface area contributed by atoms with E-state index in [0.717, 1.165) is 12.8 Å². The summed E-state index contributed by atoms with van der Waals surface area (Å²) in [7, 11) is 0. The molecule has 0 amide bonds. The van der Waals surface area contributed by atoms with Crippen molar-refractivity contribution in [3.05, 3.63) is 12.2 Å². The first kappa shape index (κ1) is 7.35. The van der Waals surface area contributed by atoms with E-state index in [1.807, 2.05) is 0 Å². The summed E-state index contributed by atoms with van der Waals surface area (Å²) >= 11 is 6.20. The Morgan fingerprint density at radius 3 is 2.64 bits per heavy atom. The van der Waals surface area contributed by atoms with E-state index >= 15 is 0 Å². The van der Waals surface area contributed by atoms with E-state index in [1.165, 1.54) is 0 Å². The minimum Gasteiger partial charge on any atom is -0.298 e. The molecule has 2 rings (SSSR count). The summed E-state index contributed by atoms with van der Waals surface area (Å²) in [6.45, 7) is 1.60. The SMILES string of the molecule is CC(=O)C1(Cl)CC2C=CC1C2. The molecule has 0 aromatic carbocycles. The molecule has 1 nitrogen and oxygen atoms in total. The molecular formula is C9H11ClO. The van der Waals surface area contributed by atoms with Crippen LogP contribution in [0.5, 0.6) is 0 Å². The largest absolute Gasteiger partial charge is 0.298 e. The van der Waals surface area contributed by atoms with Gasteiger partial charge in [0.2, 0.25) is 0 Å². The van der Waals surface area contributed by atoms with Crippen LogP contribution in [-0.2, 0) is 4.79 Å². The van der Waals surface area contributed by atoms with Gasteiger partial charge in [0.1, 0.15) is 4.87 Å². The second-order valence-corrected chi connectivity index (χ2v) is 4.28. The summed E-state index contributed by atoms with van der Waals surface area (Å²) in [5.74, 6) is 1.02. The fourth-order valence-corrected chi connectivity index (χ4v) is 2.56. The Morgan fingerprint density at radius 1 is 1.64 bits per heavy atom. The summed E-state index contributed by atoms with van der Waals surface area (Å²) < 4.78 is 0. The molecule has 0 radical (unpaired) electrons. The predicted octanol–water partition coefficient (Wildman–Crippen LogP) is 2.15. The van der Waals surface area contributed by atoms with Gasteiger partial charge < -0.3 is 0 Å². The van der Waals surface area contributed by atoms with E-state index in [1.54, 1.807) is 6.92 Å². The van der Waals surface area contributed by atoms with Crippen LogP contribution in [0.25, 0.3) is 0 Å². The van der Waals surface area contributed by atoms with Crippen LogP contribution in [0.3, 0.4) is 0 Å². The maximum absolute atomic E-state index is 11.2. The Morgan fingerprint density at radius 2 is 2.36 bits per heavy atom. The fourth-order valence-electron chi connectivity index (χ4n) is 2.20. The number of Topliss-reactive ketones (excluding diaryl/α,β-unsaturated/α-hetero) is 1. The lowest BCUT2D eigenvalue weighted by atomic mass is 9.89. The van der Waals surface area contributed by atoms with Gasteiger partial charge >= 0.3 is 0 Å². The van der Waals surface area contributed by atoms with E-state index in [0.29, 0.717) is 11.8 Å². The first-order chi connectivity index (χ1) is 5.13. The van der Waals surface area contributed by atoms with Gasteiger partial charge in [-0.25, -0.2) is 0 Å². The Kier molecular flexibility index (Phi) is 1.40. The molecule has 2 aliphatic rings. The summed E-state index contributed by atoms with van der Waals surface area (Å²) in [5.41, 5.74) is 0. The number of ketones is 1. The molecule has 3 unspecified atom stereocenters. The molecule has 11 heavy (non-hydrogen) atoms. The first-order valence-electron chi connectivity index (χ1n) is 4.01. The Balaban J connectivity index is 2.30. The minimum absolute atomic E-state index is 0.135. The average molecular weight is 171 g/mol. The van der Waals surface area contributed by atoms with Gasteiger partial charge in [0.15, 0.2) is 5.78 Å². The average Bonchev–Trinajstić information content (AvgIpc) is 2.45. The number of hydrogen-bond donors (Lipinski definition) is 0. The van der Waals surface area contributed by atoms with E-state index in [-0.39, 0.29) is 5.78 Å². The Labute approximate surface area is 71.4 Å². The monoisotopic (exact) mass is 170 g/mol. The standard InChI is InChI=1S/C9H11ClO/c1-6(11)9(10)5-7-2-3-8(9)4-7/h2-3,7-8H,4-5H2,1H3. The summed E-state index contributed by atoms with van der Waals surface area (Å²) in [6.07, 6.45) is 6.23. The van der Waals surface area contributed by atoms with Crippen molar-refractivity contribution in [2.45, 2.75) is 24.6 Å². The molecule has 2 aliphatic carbocycles. The molecule has 0 aliphatic heterocycles. The second kappa shape index (κ2) is 2.10. The molecule has 1 fully saturated rings. The normalized spacial score (nSPS) is 46.7. The molecule has 0 heterocycles. The molecule has 60 valence electrons. The van der Waals surface area contributed by atoms with Crippen LogP contribution in [-0.4, -0.2) is 10.7 Å². The van der Waals surface area contributed by atoms with Crippen LogP contribution in [0.4, 0.5) is 0 Å². The van der Waals surface area contributed by atoms with Gasteiger partial charge in [-0.15, -0.1) is 11.6 Å². The lowest BCUT2D eigenvalue weighted by molar-refractivity contribution is -0.120. The molecule has 1 saturated carbocycles. The predicted molar refractivity (Wildman–Crippen MR) is 44.6 cm³/mol. The maximum atomic E-state index is 11.2. The quantitative estimate of drug-likeness (QED) is 0.436. The van der Waals surface area contributed by atoms with Crippen LogP contribution in [0, 0.1) is 11.8 Å². The number of hydrogen-bond acceptors (Lipinski definition) is 1. The van der Waals surface area contributed by atoms with Crippen LogP contribution in [0.1, 0.15) is 19.8 Å². The third-order valence-electron chi connectivity index (χ3n) is 2.90. The maximum Gasteiger partial charge on any atom is 0.151 e. The Hall–Kier alpha value is -0.300. The van der Waals surface area contributed by atoms with Crippen LogP contribution in [0.15, 0.2) is 12.2 Å². The van der Waals surface area contributed by atoms with E-state index in [2.05, 4.69) is 12.2 Å². The van der Waals surface area contributed by atoms with E-state index in [9.17, 15) is 4.79 Å². The molecule has 0 aromatic rings. The van der Waals surface area contributed by atoms with E-state index < -0.39 is 4.87 Å². The van der Waals surface area contributed by atoms with Gasteiger partial charge in [0.05, 0.1) is 0 Å². The number of carbonyl (C=O) groups is 1. The molecular weight excluding hydrogens is 160 g/mol. The Bertz CT molecular complexity index is 234. The van der Waals surface area contributed by atoms with Crippen molar-refractivity contribution in [2.75, 3.05) is 0 Å². The van der Waals surface area contributed by atoms with Gasteiger partial charge in [-0.1, -0.05) is 12.2 Å². The summed E-state index contributed by atoms with van der Waals surface area (Å²) in [5, 5.41) is 0. The van der Waals surface area contributed by atoms with Gasteiger partial charge in [-0.05, 0) is 25.7 Å². The van der Waals surface area contributed by atoms with Crippen LogP contribution >= 0.6 is 11.6 Å². The van der Waals surface area contributed by atoms with Gasteiger partial charge in [-0.3, -0.25) is 4.79 Å².